The Balaban J connectivity index is 2.46. The normalized spacial score (nSPS) is 20.5. The Bertz CT molecular complexity index is 1560. The van der Waals surface area contributed by atoms with Gasteiger partial charge in [0.1, 0.15) is 30.5 Å². The SMILES string of the molecule is CC/C=C\C/C=C\C/C=C\C/C=C\C/C=C\C/C=C\CCC(=O)OC(COCCCCCCCCC/C=C\C/C=C\C/C=C\CCCCC)COC1OC(CO)C(O)C(OS(=O)(=O)O)C1O. The van der Waals surface area contributed by atoms with Gasteiger partial charge in [-0.15, -0.1) is 0 Å². The molecule has 1 heterocycles. The van der Waals surface area contributed by atoms with Crippen LogP contribution >= 0.6 is 0 Å². The van der Waals surface area contributed by atoms with Crippen molar-refractivity contribution in [1.29, 1.82) is 0 Å². The second-order valence-electron chi connectivity index (χ2n) is 16.3. The van der Waals surface area contributed by atoms with Gasteiger partial charge in [-0.3, -0.25) is 9.35 Å². The highest BCUT2D eigenvalue weighted by molar-refractivity contribution is 7.80. The Morgan fingerprint density at radius 3 is 1.53 bits per heavy atom. The molecule has 376 valence electrons. The first-order chi connectivity index (χ1) is 32.1. The minimum absolute atomic E-state index is 0.00898. The number of ether oxygens (including phenoxy) is 4. The molecule has 0 aliphatic carbocycles. The number of carbonyl (C=O) groups excluding carboxylic acids is 1. The van der Waals surface area contributed by atoms with Gasteiger partial charge in [0.2, 0.25) is 0 Å². The standard InChI is InChI=1S/C53H86O12S/c1-3-5-7-9-11-13-15-17-19-21-23-25-27-29-31-33-35-37-39-41-43-61-45-47(46-62-53-51(57)52(65-66(58,59)60)50(56)48(44-54)64-53)63-49(55)42-40-38-36-34-32-30-28-26-24-22-20-18-16-14-12-10-8-6-4-2/h6,8,11-14,17-20,23-26,30,32,36,38,47-48,50-54,56-57H,3-5,7,9-10,15-16,21-22,27-29,31,33-35,37,39-46H2,1-2H3,(H,58,59,60)/b8-6-,13-11-,14-12-,19-17-,20-18-,25-23-,26-24-,32-30-,38-36-. The average molecular weight is 947 g/mol. The van der Waals surface area contributed by atoms with Gasteiger partial charge in [0, 0.05) is 13.0 Å². The molecule has 0 aromatic rings. The molecule has 1 aliphatic rings. The van der Waals surface area contributed by atoms with Gasteiger partial charge >= 0.3 is 16.4 Å². The fourth-order valence-electron chi connectivity index (χ4n) is 6.70. The van der Waals surface area contributed by atoms with Crippen LogP contribution in [0.3, 0.4) is 0 Å². The van der Waals surface area contributed by atoms with Crippen molar-refractivity contribution in [2.24, 2.45) is 0 Å². The Hall–Kier alpha value is -3.24. The summed E-state index contributed by atoms with van der Waals surface area (Å²) in [6.07, 6.45) is 51.3. The molecule has 6 unspecified atom stereocenters. The van der Waals surface area contributed by atoms with Crippen molar-refractivity contribution in [1.82, 2.24) is 0 Å². The number of allylic oxidation sites excluding steroid dienone is 18. The van der Waals surface area contributed by atoms with Gasteiger partial charge in [0.15, 0.2) is 6.29 Å². The van der Waals surface area contributed by atoms with Gasteiger partial charge in [-0.25, -0.2) is 4.18 Å². The smallest absolute Gasteiger partial charge is 0.397 e. The van der Waals surface area contributed by atoms with Gasteiger partial charge in [-0.05, 0) is 89.9 Å². The van der Waals surface area contributed by atoms with E-state index in [1.54, 1.807) is 0 Å². The molecule has 0 radical (unpaired) electrons. The number of hydrogen-bond acceptors (Lipinski definition) is 11. The maximum atomic E-state index is 12.9. The first kappa shape index (κ1) is 60.8. The first-order valence-corrected chi connectivity index (χ1v) is 26.0. The number of aliphatic hydroxyl groups excluding tert-OH is 3. The summed E-state index contributed by atoms with van der Waals surface area (Å²) < 4.78 is 59.1. The maximum Gasteiger partial charge on any atom is 0.397 e. The van der Waals surface area contributed by atoms with E-state index in [1.807, 2.05) is 12.2 Å². The zero-order valence-electron chi connectivity index (χ0n) is 40.2. The Labute approximate surface area is 398 Å². The van der Waals surface area contributed by atoms with Crippen LogP contribution in [0.5, 0.6) is 0 Å². The van der Waals surface area contributed by atoms with Crippen molar-refractivity contribution in [3.63, 3.8) is 0 Å². The maximum absolute atomic E-state index is 12.9. The Kier molecular flexibility index (Phi) is 39.7. The van der Waals surface area contributed by atoms with Crippen LogP contribution in [-0.2, 0) is 38.3 Å². The highest BCUT2D eigenvalue weighted by Crippen LogP contribution is 2.26. The van der Waals surface area contributed by atoms with Gasteiger partial charge in [-0.2, -0.15) is 8.42 Å². The fourth-order valence-corrected chi connectivity index (χ4v) is 7.21. The predicted molar refractivity (Wildman–Crippen MR) is 266 cm³/mol. The summed E-state index contributed by atoms with van der Waals surface area (Å²) in [5.74, 6) is -0.489. The van der Waals surface area contributed by atoms with Crippen molar-refractivity contribution in [3.05, 3.63) is 109 Å². The second kappa shape index (κ2) is 43.1. The molecule has 12 nitrogen and oxygen atoms in total. The minimum Gasteiger partial charge on any atom is -0.457 e. The van der Waals surface area contributed by atoms with E-state index < -0.39 is 59.8 Å². The molecule has 1 fully saturated rings. The van der Waals surface area contributed by atoms with E-state index in [0.29, 0.717) is 13.0 Å². The summed E-state index contributed by atoms with van der Waals surface area (Å²) in [5.41, 5.74) is 0. The minimum atomic E-state index is -5.08. The summed E-state index contributed by atoms with van der Waals surface area (Å²) in [6.45, 7) is 3.71. The van der Waals surface area contributed by atoms with E-state index in [1.165, 1.54) is 44.9 Å². The third-order valence-electron chi connectivity index (χ3n) is 10.4. The number of carbonyl (C=O) groups is 1. The van der Waals surface area contributed by atoms with Crippen molar-refractivity contribution < 1.29 is 56.2 Å². The molecule has 0 saturated carbocycles. The lowest BCUT2D eigenvalue weighted by Crippen LogP contribution is -2.60. The molecule has 0 amide bonds. The molecular weight excluding hydrogens is 861 g/mol. The summed E-state index contributed by atoms with van der Waals surface area (Å²) in [7, 11) is -5.08. The lowest BCUT2D eigenvalue weighted by molar-refractivity contribution is -0.301. The third kappa shape index (κ3) is 35.9. The molecule has 1 saturated heterocycles. The first-order valence-electron chi connectivity index (χ1n) is 24.6. The van der Waals surface area contributed by atoms with Crippen molar-refractivity contribution in [2.75, 3.05) is 26.4 Å². The highest BCUT2D eigenvalue weighted by atomic mass is 32.3. The van der Waals surface area contributed by atoms with Gasteiger partial charge in [-0.1, -0.05) is 168 Å². The van der Waals surface area contributed by atoms with E-state index in [2.05, 4.69) is 115 Å². The van der Waals surface area contributed by atoms with Crippen LogP contribution in [0.2, 0.25) is 0 Å². The summed E-state index contributed by atoms with van der Waals surface area (Å²) >= 11 is 0. The van der Waals surface area contributed by atoms with E-state index in [4.69, 9.17) is 18.9 Å². The molecule has 0 spiro atoms. The monoisotopic (exact) mass is 947 g/mol. The van der Waals surface area contributed by atoms with Crippen LogP contribution < -0.4 is 0 Å². The fraction of sp³-hybridized carbons (Fsp3) is 0.642. The van der Waals surface area contributed by atoms with Gasteiger partial charge < -0.3 is 34.3 Å². The Morgan fingerprint density at radius 2 is 1.05 bits per heavy atom. The number of esters is 1. The molecular formula is C53H86O12S. The van der Waals surface area contributed by atoms with Crippen LogP contribution in [0.15, 0.2) is 109 Å². The van der Waals surface area contributed by atoms with Crippen LogP contribution in [0.1, 0.15) is 155 Å². The molecule has 0 aromatic carbocycles. The van der Waals surface area contributed by atoms with E-state index in [-0.39, 0.29) is 19.6 Å². The molecule has 66 heavy (non-hydrogen) atoms. The van der Waals surface area contributed by atoms with Crippen LogP contribution in [-0.4, -0.2) is 97.5 Å². The molecule has 0 aromatic heterocycles. The van der Waals surface area contributed by atoms with Crippen molar-refractivity contribution in [2.45, 2.75) is 192 Å². The number of unbranched alkanes of at least 4 members (excludes halogenated alkanes) is 10. The largest absolute Gasteiger partial charge is 0.457 e. The zero-order chi connectivity index (χ0) is 48.2. The highest BCUT2D eigenvalue weighted by Gasteiger charge is 2.48. The van der Waals surface area contributed by atoms with Gasteiger partial charge in [0.05, 0.1) is 19.8 Å². The average Bonchev–Trinajstić information content (AvgIpc) is 3.29. The van der Waals surface area contributed by atoms with Crippen LogP contribution in [0.25, 0.3) is 0 Å². The number of aliphatic hydroxyl groups is 3. The number of hydrogen-bond donors (Lipinski definition) is 4. The Morgan fingerprint density at radius 1 is 0.591 bits per heavy atom. The molecule has 6 atom stereocenters. The van der Waals surface area contributed by atoms with E-state index in [0.717, 1.165) is 83.5 Å². The lowest BCUT2D eigenvalue weighted by Gasteiger charge is -2.41. The van der Waals surface area contributed by atoms with E-state index in [9.17, 15) is 33.1 Å². The van der Waals surface area contributed by atoms with Crippen molar-refractivity contribution in [3.8, 4) is 0 Å². The summed E-state index contributed by atoms with van der Waals surface area (Å²) in [4.78, 5) is 12.9. The van der Waals surface area contributed by atoms with Crippen molar-refractivity contribution >= 4 is 16.4 Å². The third-order valence-corrected chi connectivity index (χ3v) is 10.9. The van der Waals surface area contributed by atoms with E-state index >= 15 is 0 Å². The van der Waals surface area contributed by atoms with Crippen LogP contribution in [0.4, 0.5) is 0 Å². The quantitative estimate of drug-likeness (QED) is 0.0198. The van der Waals surface area contributed by atoms with Gasteiger partial charge in [0.25, 0.3) is 0 Å². The molecule has 4 N–H and O–H groups in total. The molecule has 0 bridgehead atoms. The molecule has 13 heteroatoms. The van der Waals surface area contributed by atoms with Crippen LogP contribution in [0, 0.1) is 0 Å². The zero-order valence-corrected chi connectivity index (χ0v) is 41.0. The predicted octanol–water partition coefficient (Wildman–Crippen LogP) is 11.2. The lowest BCUT2D eigenvalue weighted by atomic mass is 9.99. The summed E-state index contributed by atoms with van der Waals surface area (Å²) in [5, 5.41) is 30.7. The summed E-state index contributed by atoms with van der Waals surface area (Å²) in [6, 6.07) is 0. The molecule has 1 rings (SSSR count). The topological polar surface area (TPSA) is 178 Å². The number of rotatable bonds is 41. The second-order valence-corrected chi connectivity index (χ2v) is 17.4. The molecule has 1 aliphatic heterocycles.